The summed E-state index contributed by atoms with van der Waals surface area (Å²) in [6.45, 7) is -1.19. The van der Waals surface area contributed by atoms with Crippen molar-refractivity contribution in [3.63, 3.8) is 0 Å². The molecule has 1 heterocycles. The molecule has 1 atom stereocenters. The van der Waals surface area contributed by atoms with Gasteiger partial charge in [-0.15, -0.1) is 10.2 Å². The van der Waals surface area contributed by atoms with Crippen LogP contribution >= 0.6 is 0 Å². The topological polar surface area (TPSA) is 57.0 Å². The summed E-state index contributed by atoms with van der Waals surface area (Å²) in [5.41, 5.74) is 0.522. The highest BCUT2D eigenvalue weighted by Crippen LogP contribution is 2.23. The molecule has 0 saturated carbocycles. The van der Waals surface area contributed by atoms with Gasteiger partial charge >= 0.3 is 6.18 Å². The Bertz CT molecular complexity index is 643. The lowest BCUT2D eigenvalue weighted by molar-refractivity contribution is -0.153. The molecule has 1 aromatic carbocycles. The van der Waals surface area contributed by atoms with Gasteiger partial charge in [-0.2, -0.15) is 13.2 Å². The van der Waals surface area contributed by atoms with Crippen molar-refractivity contribution in [2.45, 2.75) is 17.9 Å². The smallest absolute Gasteiger partial charge is 0.422 e. The van der Waals surface area contributed by atoms with Crippen molar-refractivity contribution >= 4 is 10.8 Å². The molecule has 0 aliphatic rings. The quantitative estimate of drug-likeness (QED) is 0.846. The molecule has 0 spiro atoms. The normalized spacial score (nSPS) is 13.1. The minimum atomic E-state index is -4.40. The lowest BCUT2D eigenvalue weighted by atomic mass is 10.2. The summed E-state index contributed by atoms with van der Waals surface area (Å²) in [6.07, 6.45) is -1.58. The largest absolute Gasteiger partial charge is 0.484 e. The number of alkyl halides is 3. The second kappa shape index (κ2) is 6.25. The SMILES string of the molecule is CS(=O)c1nncn1Cc1ccccc1OCC(F)(F)F. The predicted molar refractivity (Wildman–Crippen MR) is 69.4 cm³/mol. The van der Waals surface area contributed by atoms with Crippen molar-refractivity contribution in [2.75, 3.05) is 12.9 Å². The van der Waals surface area contributed by atoms with E-state index in [1.165, 1.54) is 23.2 Å². The molecule has 0 aliphatic heterocycles. The molecule has 0 amide bonds. The van der Waals surface area contributed by atoms with E-state index in [0.717, 1.165) is 0 Å². The third-order valence-electron chi connectivity index (χ3n) is 2.54. The van der Waals surface area contributed by atoms with E-state index in [0.29, 0.717) is 5.56 Å². The van der Waals surface area contributed by atoms with Gasteiger partial charge in [-0.05, 0) is 6.07 Å². The minimum Gasteiger partial charge on any atom is -0.484 e. The van der Waals surface area contributed by atoms with Gasteiger partial charge < -0.3 is 9.30 Å². The Hall–Kier alpha value is -1.90. The van der Waals surface area contributed by atoms with E-state index in [9.17, 15) is 17.4 Å². The number of rotatable bonds is 5. The number of hydrogen-bond donors (Lipinski definition) is 0. The van der Waals surface area contributed by atoms with Crippen LogP contribution in [0, 0.1) is 0 Å². The zero-order valence-corrected chi connectivity index (χ0v) is 11.8. The first-order valence-electron chi connectivity index (χ1n) is 5.85. The average molecular weight is 319 g/mol. The fourth-order valence-electron chi connectivity index (χ4n) is 1.69. The highest BCUT2D eigenvalue weighted by atomic mass is 32.2. The van der Waals surface area contributed by atoms with Gasteiger partial charge in [0.25, 0.3) is 0 Å². The van der Waals surface area contributed by atoms with Crippen LogP contribution in [0.4, 0.5) is 13.2 Å². The van der Waals surface area contributed by atoms with Crippen LogP contribution in [0.2, 0.25) is 0 Å². The average Bonchev–Trinajstić information content (AvgIpc) is 2.85. The number of aromatic nitrogens is 3. The van der Waals surface area contributed by atoms with Crippen LogP contribution in [-0.2, 0) is 17.3 Å². The Kier molecular flexibility index (Phi) is 4.61. The number of para-hydroxylation sites is 1. The van der Waals surface area contributed by atoms with E-state index in [1.54, 1.807) is 18.2 Å². The van der Waals surface area contributed by atoms with Crippen LogP contribution in [0.1, 0.15) is 5.56 Å². The summed E-state index contributed by atoms with van der Waals surface area (Å²) in [4.78, 5) is 0. The lowest BCUT2D eigenvalue weighted by Crippen LogP contribution is -2.20. The van der Waals surface area contributed by atoms with Gasteiger partial charge in [0.15, 0.2) is 6.61 Å². The zero-order chi connectivity index (χ0) is 15.5. The molecule has 2 rings (SSSR count). The van der Waals surface area contributed by atoms with Crippen molar-refractivity contribution in [3.05, 3.63) is 36.2 Å². The van der Waals surface area contributed by atoms with Crippen molar-refractivity contribution in [1.82, 2.24) is 14.8 Å². The Balaban J connectivity index is 2.20. The molecule has 0 N–H and O–H groups in total. The van der Waals surface area contributed by atoms with E-state index in [-0.39, 0.29) is 17.5 Å². The van der Waals surface area contributed by atoms with Gasteiger partial charge in [0.05, 0.1) is 17.3 Å². The first kappa shape index (κ1) is 15.5. The molecule has 5 nitrogen and oxygen atoms in total. The van der Waals surface area contributed by atoms with Crippen molar-refractivity contribution < 1.29 is 22.1 Å². The van der Waals surface area contributed by atoms with Crippen LogP contribution in [0.25, 0.3) is 0 Å². The summed E-state index contributed by atoms with van der Waals surface area (Å²) in [6, 6.07) is 6.35. The fourth-order valence-corrected chi connectivity index (χ4v) is 2.30. The highest BCUT2D eigenvalue weighted by Gasteiger charge is 2.28. The molecule has 1 unspecified atom stereocenters. The molecule has 0 radical (unpaired) electrons. The molecule has 9 heteroatoms. The van der Waals surface area contributed by atoms with E-state index in [1.807, 2.05) is 0 Å². The fraction of sp³-hybridized carbons (Fsp3) is 0.333. The summed E-state index contributed by atoms with van der Waals surface area (Å²) in [7, 11) is -1.34. The zero-order valence-electron chi connectivity index (χ0n) is 11.0. The summed E-state index contributed by atoms with van der Waals surface area (Å²) in [5.74, 6) is 0.122. The van der Waals surface area contributed by atoms with Gasteiger partial charge in [0.2, 0.25) is 5.16 Å². The monoisotopic (exact) mass is 319 g/mol. The van der Waals surface area contributed by atoms with Gasteiger partial charge in [-0.1, -0.05) is 18.2 Å². The Labute approximate surface area is 121 Å². The third-order valence-corrected chi connectivity index (χ3v) is 3.37. The third kappa shape index (κ3) is 4.28. The first-order chi connectivity index (χ1) is 9.87. The highest BCUT2D eigenvalue weighted by molar-refractivity contribution is 7.84. The van der Waals surface area contributed by atoms with Gasteiger partial charge in [-0.3, -0.25) is 4.21 Å². The summed E-state index contributed by atoms with van der Waals surface area (Å²) >= 11 is 0. The maximum Gasteiger partial charge on any atom is 0.422 e. The molecule has 0 saturated heterocycles. The standard InChI is InChI=1S/C12H12F3N3O2S/c1-21(19)11-17-16-8-18(11)6-9-4-2-3-5-10(9)20-7-12(13,14)15/h2-5,8H,6-7H2,1H3. The van der Waals surface area contributed by atoms with Gasteiger partial charge in [0, 0.05) is 11.8 Å². The van der Waals surface area contributed by atoms with Crippen LogP contribution in [0.3, 0.4) is 0 Å². The molecular formula is C12H12F3N3O2S. The van der Waals surface area contributed by atoms with E-state index in [4.69, 9.17) is 4.74 Å². The van der Waals surface area contributed by atoms with Gasteiger partial charge in [-0.25, -0.2) is 0 Å². The van der Waals surface area contributed by atoms with Gasteiger partial charge in [0.1, 0.15) is 12.1 Å². The minimum absolute atomic E-state index is 0.122. The summed E-state index contributed by atoms with van der Waals surface area (Å²) < 4.78 is 54.5. The Morgan fingerprint density at radius 3 is 2.71 bits per heavy atom. The predicted octanol–water partition coefficient (Wildman–Crippen LogP) is 2.00. The van der Waals surface area contributed by atoms with Crippen LogP contribution < -0.4 is 4.74 Å². The maximum atomic E-state index is 12.2. The van der Waals surface area contributed by atoms with Crippen LogP contribution in [0.15, 0.2) is 35.7 Å². The lowest BCUT2D eigenvalue weighted by Gasteiger charge is -2.13. The van der Waals surface area contributed by atoms with Crippen molar-refractivity contribution in [1.29, 1.82) is 0 Å². The molecule has 0 bridgehead atoms. The number of hydrogen-bond acceptors (Lipinski definition) is 4. The van der Waals surface area contributed by atoms with Crippen LogP contribution in [0.5, 0.6) is 5.75 Å². The Morgan fingerprint density at radius 1 is 1.33 bits per heavy atom. The maximum absolute atomic E-state index is 12.2. The first-order valence-corrected chi connectivity index (χ1v) is 7.41. The number of benzene rings is 1. The van der Waals surface area contributed by atoms with Crippen LogP contribution in [-0.4, -0.2) is 38.0 Å². The Morgan fingerprint density at radius 2 is 2.05 bits per heavy atom. The molecule has 114 valence electrons. The van der Waals surface area contributed by atoms with E-state index < -0.39 is 23.6 Å². The number of nitrogens with zero attached hydrogens (tertiary/aromatic N) is 3. The second-order valence-corrected chi connectivity index (χ2v) is 5.48. The summed E-state index contributed by atoms with van der Waals surface area (Å²) in [5, 5.41) is 7.62. The molecule has 0 fully saturated rings. The van der Waals surface area contributed by atoms with Crippen molar-refractivity contribution in [3.8, 4) is 5.75 Å². The molecule has 2 aromatic rings. The van der Waals surface area contributed by atoms with E-state index >= 15 is 0 Å². The molecule has 1 aromatic heterocycles. The van der Waals surface area contributed by atoms with E-state index in [2.05, 4.69) is 10.2 Å². The second-order valence-electron chi connectivity index (χ2n) is 4.21. The molecular weight excluding hydrogens is 307 g/mol. The van der Waals surface area contributed by atoms with Crippen molar-refractivity contribution in [2.24, 2.45) is 0 Å². The number of halogens is 3. The molecule has 0 aliphatic carbocycles. The number of ether oxygens (including phenoxy) is 1. The molecule has 21 heavy (non-hydrogen) atoms.